The molecule has 1 fully saturated rings. The van der Waals surface area contributed by atoms with Crippen molar-refractivity contribution < 1.29 is 4.79 Å². The Kier molecular flexibility index (Phi) is 9.28. The van der Waals surface area contributed by atoms with Crippen molar-refractivity contribution in [2.45, 2.75) is 44.3 Å². The molecule has 2 atom stereocenters. The predicted molar refractivity (Wildman–Crippen MR) is 166 cm³/mol. The molecule has 1 saturated carbocycles. The number of nitrogens with zero attached hydrogens (tertiary/aromatic N) is 5. The molecule has 3 N–H and O–H groups in total. The van der Waals surface area contributed by atoms with Crippen molar-refractivity contribution in [1.29, 1.82) is 0 Å². The summed E-state index contributed by atoms with van der Waals surface area (Å²) in [5.74, 6) is 0.520. The minimum absolute atomic E-state index is 0.0708. The van der Waals surface area contributed by atoms with E-state index in [0.717, 1.165) is 65.8 Å². The van der Waals surface area contributed by atoms with Crippen LogP contribution >= 0.6 is 11.6 Å². The van der Waals surface area contributed by atoms with Gasteiger partial charge in [-0.1, -0.05) is 35.9 Å². The van der Waals surface area contributed by atoms with Crippen molar-refractivity contribution in [2.24, 2.45) is 0 Å². The standard InChI is InChI=1S/C31H37ClN8O/c1-39(2)15-7-12-29(41)40(3)24-14-13-23(34-18-24)17-33-21-8-6-9-22(16-21)37-31-36-20-27(32)30(38-31)26-19-35-28-11-5-4-10-25(26)28/h4-5,7,10-14,18-22,33,35H,6,8-9,15-17H2,1-3H3,(H,36,37,38). The molecule has 5 rings (SSSR count). The average molecular weight is 573 g/mol. The third-order valence-corrected chi connectivity index (χ3v) is 7.70. The second-order valence-corrected chi connectivity index (χ2v) is 11.2. The molecule has 0 radical (unpaired) electrons. The van der Waals surface area contributed by atoms with Gasteiger partial charge in [0.2, 0.25) is 11.9 Å². The molecule has 41 heavy (non-hydrogen) atoms. The SMILES string of the molecule is CN(C)CC=CC(=O)N(C)c1ccc(CNC2CCCC(Nc3ncc(Cl)c(-c4c[nH]c5ccccc45)n3)C2)nc1. The Morgan fingerprint density at radius 3 is 2.73 bits per heavy atom. The molecule has 0 bridgehead atoms. The maximum atomic E-state index is 12.4. The second kappa shape index (κ2) is 13.2. The smallest absolute Gasteiger partial charge is 0.250 e. The van der Waals surface area contributed by atoms with Crippen molar-refractivity contribution in [3.8, 4) is 11.3 Å². The fraction of sp³-hybridized carbons (Fsp3) is 0.355. The molecule has 3 heterocycles. The van der Waals surface area contributed by atoms with Crippen LogP contribution < -0.4 is 15.5 Å². The van der Waals surface area contributed by atoms with Crippen molar-refractivity contribution in [3.05, 3.63) is 77.9 Å². The summed E-state index contributed by atoms with van der Waals surface area (Å²) in [5, 5.41) is 8.81. The number of nitrogens with one attached hydrogen (secondary N) is 3. The van der Waals surface area contributed by atoms with E-state index in [-0.39, 0.29) is 11.9 Å². The normalized spacial score (nSPS) is 17.4. The number of likely N-dealkylation sites (N-methyl/N-ethyl adjacent to an activating group) is 2. The lowest BCUT2D eigenvalue weighted by Crippen LogP contribution is -2.39. The molecule has 1 aliphatic rings. The van der Waals surface area contributed by atoms with E-state index in [2.05, 4.69) is 31.7 Å². The van der Waals surface area contributed by atoms with Crippen LogP contribution in [0.3, 0.4) is 0 Å². The van der Waals surface area contributed by atoms with E-state index in [4.69, 9.17) is 16.6 Å². The summed E-state index contributed by atoms with van der Waals surface area (Å²) in [6.07, 6.45) is 13.1. The van der Waals surface area contributed by atoms with Crippen LogP contribution in [0.2, 0.25) is 5.02 Å². The number of carbonyl (C=O) groups excluding carboxylic acids is 1. The first-order valence-electron chi connectivity index (χ1n) is 14.0. The Morgan fingerprint density at radius 2 is 1.93 bits per heavy atom. The second-order valence-electron chi connectivity index (χ2n) is 10.8. The molecule has 4 aromatic rings. The number of pyridine rings is 1. The molecule has 1 aromatic carbocycles. The maximum absolute atomic E-state index is 12.4. The molecular weight excluding hydrogens is 536 g/mol. The molecule has 1 amide bonds. The zero-order valence-electron chi connectivity index (χ0n) is 23.8. The van der Waals surface area contributed by atoms with E-state index in [9.17, 15) is 4.79 Å². The van der Waals surface area contributed by atoms with Gasteiger partial charge in [0.25, 0.3) is 0 Å². The summed E-state index contributed by atoms with van der Waals surface area (Å²) in [7, 11) is 5.70. The number of hydrogen-bond acceptors (Lipinski definition) is 7. The number of rotatable bonds is 10. The van der Waals surface area contributed by atoms with Crippen LogP contribution in [-0.4, -0.2) is 70.5 Å². The van der Waals surface area contributed by atoms with Gasteiger partial charge in [-0.2, -0.15) is 0 Å². The number of carbonyl (C=O) groups is 1. The zero-order valence-corrected chi connectivity index (χ0v) is 24.5. The Morgan fingerprint density at radius 1 is 1.10 bits per heavy atom. The lowest BCUT2D eigenvalue weighted by molar-refractivity contribution is -0.113. The number of fused-ring (bicyclic) bond motifs is 1. The van der Waals surface area contributed by atoms with Gasteiger partial charge >= 0.3 is 0 Å². The van der Waals surface area contributed by atoms with Crippen LogP contribution in [0, 0.1) is 0 Å². The number of anilines is 2. The first-order valence-corrected chi connectivity index (χ1v) is 14.4. The van der Waals surface area contributed by atoms with E-state index < -0.39 is 0 Å². The highest BCUT2D eigenvalue weighted by atomic mass is 35.5. The molecule has 2 unspecified atom stereocenters. The van der Waals surface area contributed by atoms with Crippen LogP contribution in [0.5, 0.6) is 0 Å². The summed E-state index contributed by atoms with van der Waals surface area (Å²) >= 11 is 6.52. The van der Waals surface area contributed by atoms with Crippen molar-refractivity contribution in [2.75, 3.05) is 37.9 Å². The number of H-pyrrole nitrogens is 1. The number of benzene rings is 1. The first-order chi connectivity index (χ1) is 19.9. The fourth-order valence-corrected chi connectivity index (χ4v) is 5.35. The van der Waals surface area contributed by atoms with E-state index >= 15 is 0 Å². The monoisotopic (exact) mass is 572 g/mol. The topological polar surface area (TPSA) is 102 Å². The zero-order chi connectivity index (χ0) is 28.8. The number of halogens is 1. The Labute approximate surface area is 246 Å². The van der Waals surface area contributed by atoms with E-state index in [1.54, 1.807) is 30.4 Å². The highest BCUT2D eigenvalue weighted by molar-refractivity contribution is 6.33. The average Bonchev–Trinajstić information content (AvgIpc) is 3.41. The van der Waals surface area contributed by atoms with Crippen LogP contribution in [0.15, 0.2) is 67.1 Å². The van der Waals surface area contributed by atoms with E-state index in [1.807, 2.05) is 61.6 Å². The molecule has 0 aliphatic heterocycles. The minimum atomic E-state index is -0.0708. The highest BCUT2D eigenvalue weighted by Crippen LogP contribution is 2.32. The third-order valence-electron chi connectivity index (χ3n) is 7.43. The van der Waals surface area contributed by atoms with Gasteiger partial charge < -0.3 is 25.4 Å². The predicted octanol–water partition coefficient (Wildman–Crippen LogP) is 5.27. The lowest BCUT2D eigenvalue weighted by atomic mass is 9.91. The number of aromatic nitrogens is 4. The largest absolute Gasteiger partial charge is 0.360 e. The summed E-state index contributed by atoms with van der Waals surface area (Å²) < 4.78 is 0. The summed E-state index contributed by atoms with van der Waals surface area (Å²) in [6.45, 7) is 1.39. The van der Waals surface area contributed by atoms with Gasteiger partial charge in [-0.3, -0.25) is 9.78 Å². The van der Waals surface area contributed by atoms with E-state index in [1.165, 1.54) is 0 Å². The van der Waals surface area contributed by atoms with Crippen LogP contribution in [0.4, 0.5) is 11.6 Å². The fourth-order valence-electron chi connectivity index (χ4n) is 5.15. The minimum Gasteiger partial charge on any atom is -0.360 e. The Hall–Kier alpha value is -3.79. The Bertz CT molecular complexity index is 1500. The van der Waals surface area contributed by atoms with Crippen molar-refractivity contribution in [1.82, 2.24) is 30.2 Å². The molecule has 3 aromatic heterocycles. The highest BCUT2D eigenvalue weighted by Gasteiger charge is 2.23. The molecule has 0 saturated heterocycles. The number of amides is 1. The first kappa shape index (κ1) is 28.7. The van der Waals surface area contributed by atoms with Gasteiger partial charge in [-0.05, 0) is 58.0 Å². The van der Waals surface area contributed by atoms with Crippen molar-refractivity contribution >= 4 is 40.0 Å². The third kappa shape index (κ3) is 7.30. The van der Waals surface area contributed by atoms with Gasteiger partial charge in [0.05, 0.1) is 34.5 Å². The van der Waals surface area contributed by atoms with Gasteiger partial charge in [0.15, 0.2) is 0 Å². The molecule has 1 aliphatic carbocycles. The number of hydrogen-bond donors (Lipinski definition) is 3. The summed E-state index contributed by atoms with van der Waals surface area (Å²) in [5.41, 5.74) is 4.44. The van der Waals surface area contributed by atoms with Gasteiger partial charge in [-0.15, -0.1) is 0 Å². The summed E-state index contributed by atoms with van der Waals surface area (Å²) in [6, 6.07) is 12.6. The van der Waals surface area contributed by atoms with Gasteiger partial charge in [0.1, 0.15) is 0 Å². The molecule has 9 nitrogen and oxygen atoms in total. The molecular formula is C31H37ClN8O. The molecule has 214 valence electrons. The number of para-hydroxylation sites is 1. The quantitative estimate of drug-likeness (QED) is 0.223. The van der Waals surface area contributed by atoms with Crippen LogP contribution in [-0.2, 0) is 11.3 Å². The van der Waals surface area contributed by atoms with E-state index in [0.29, 0.717) is 23.6 Å². The molecule has 0 spiro atoms. The van der Waals surface area contributed by atoms with Gasteiger partial charge in [0, 0.05) is 61.0 Å². The Balaban J connectivity index is 1.15. The summed E-state index contributed by atoms with van der Waals surface area (Å²) in [4.78, 5) is 33.2. The number of aromatic amines is 1. The van der Waals surface area contributed by atoms with Crippen LogP contribution in [0.1, 0.15) is 31.4 Å². The molecule has 10 heteroatoms. The van der Waals surface area contributed by atoms with Gasteiger partial charge in [-0.25, -0.2) is 9.97 Å². The lowest BCUT2D eigenvalue weighted by Gasteiger charge is -2.30. The maximum Gasteiger partial charge on any atom is 0.250 e. The van der Waals surface area contributed by atoms with Crippen LogP contribution in [0.25, 0.3) is 22.2 Å². The van der Waals surface area contributed by atoms with Crippen molar-refractivity contribution in [3.63, 3.8) is 0 Å².